The lowest BCUT2D eigenvalue weighted by molar-refractivity contribution is -0.121. The first kappa shape index (κ1) is 24.8. The maximum Gasteiger partial charge on any atom is 0.337 e. The van der Waals surface area contributed by atoms with Crippen LogP contribution in [0, 0.1) is 13.8 Å². The fraction of sp³-hybridized carbons (Fsp3) is 0.423. The van der Waals surface area contributed by atoms with E-state index in [1.165, 1.54) is 48.5 Å². The van der Waals surface area contributed by atoms with E-state index in [-0.39, 0.29) is 12.5 Å². The molecule has 2 heterocycles. The molecule has 0 atom stereocenters. The number of benzene rings is 1. The second kappa shape index (κ2) is 10.5. The van der Waals surface area contributed by atoms with Gasteiger partial charge in [0.25, 0.3) is 5.56 Å². The first-order chi connectivity index (χ1) is 16.8. The van der Waals surface area contributed by atoms with Crippen molar-refractivity contribution in [3.05, 3.63) is 61.1 Å². The van der Waals surface area contributed by atoms with E-state index < -0.39 is 11.2 Å². The van der Waals surface area contributed by atoms with Gasteiger partial charge in [0.15, 0.2) is 0 Å². The van der Waals surface area contributed by atoms with Crippen molar-refractivity contribution >= 4 is 27.5 Å². The smallest absolute Gasteiger partial charge is 0.337 e. The lowest BCUT2D eigenvalue weighted by atomic mass is 9.97. The molecule has 0 radical (unpaired) electrons. The van der Waals surface area contributed by atoms with E-state index in [0.717, 1.165) is 34.3 Å². The molecule has 0 aliphatic heterocycles. The molecule has 0 spiro atoms. The molecule has 0 saturated carbocycles. The summed E-state index contributed by atoms with van der Waals surface area (Å²) in [6.07, 6.45) is 7.68. The van der Waals surface area contributed by atoms with E-state index in [9.17, 15) is 14.4 Å². The number of thiophene rings is 1. The minimum absolute atomic E-state index is 0.174. The number of nitrogens with zero attached hydrogens (tertiary/aromatic N) is 2. The molecule has 35 heavy (non-hydrogen) atoms. The van der Waals surface area contributed by atoms with Gasteiger partial charge in [0, 0.05) is 17.5 Å². The summed E-state index contributed by atoms with van der Waals surface area (Å²) in [4.78, 5) is 41.5. The molecule has 0 bridgehead atoms. The van der Waals surface area contributed by atoms with Crippen LogP contribution in [0.1, 0.15) is 42.5 Å². The molecule has 1 aliphatic carbocycles. The Morgan fingerprint density at radius 2 is 1.94 bits per heavy atom. The highest BCUT2D eigenvalue weighted by atomic mass is 32.1. The third-order valence-electron chi connectivity index (χ3n) is 6.53. The molecule has 186 valence electrons. The summed E-state index contributed by atoms with van der Waals surface area (Å²) in [5, 5.41) is 3.38. The van der Waals surface area contributed by atoms with Crippen LogP contribution in [0.4, 0.5) is 0 Å². The average Bonchev–Trinajstić information content (AvgIpc) is 3.16. The third-order valence-corrected chi connectivity index (χ3v) is 7.76. The molecule has 0 unspecified atom stereocenters. The van der Waals surface area contributed by atoms with Crippen molar-refractivity contribution < 1.29 is 14.3 Å². The van der Waals surface area contributed by atoms with Gasteiger partial charge in [-0.1, -0.05) is 11.6 Å². The van der Waals surface area contributed by atoms with Gasteiger partial charge in [0.2, 0.25) is 5.91 Å². The van der Waals surface area contributed by atoms with Crippen LogP contribution < -0.4 is 26.0 Å². The zero-order valence-corrected chi connectivity index (χ0v) is 21.4. The molecular formula is C26H31N3O5S. The summed E-state index contributed by atoms with van der Waals surface area (Å²) < 4.78 is 13.2. The Morgan fingerprint density at radius 1 is 1.14 bits per heavy atom. The number of carbonyl (C=O) groups is 1. The molecular weight excluding hydrogens is 466 g/mol. The van der Waals surface area contributed by atoms with E-state index >= 15 is 0 Å². The number of allylic oxidation sites excluding steroid dienone is 1. The van der Waals surface area contributed by atoms with Gasteiger partial charge in [0.05, 0.1) is 25.3 Å². The van der Waals surface area contributed by atoms with E-state index in [2.05, 4.69) is 11.4 Å². The minimum atomic E-state index is -0.586. The van der Waals surface area contributed by atoms with Crippen molar-refractivity contribution in [2.75, 3.05) is 20.8 Å². The summed E-state index contributed by atoms with van der Waals surface area (Å²) in [5.74, 6) is 0.597. The molecule has 0 fully saturated rings. The molecule has 8 nitrogen and oxygen atoms in total. The number of hydrogen-bond donors (Lipinski definition) is 1. The largest absolute Gasteiger partial charge is 0.497 e. The molecule has 0 saturated heterocycles. The average molecular weight is 498 g/mol. The summed E-state index contributed by atoms with van der Waals surface area (Å²) in [7, 11) is 3.00. The lowest BCUT2D eigenvalue weighted by Gasteiger charge is -2.16. The van der Waals surface area contributed by atoms with Gasteiger partial charge in [0.1, 0.15) is 22.9 Å². The molecule has 2 aromatic heterocycles. The van der Waals surface area contributed by atoms with Gasteiger partial charge in [-0.2, -0.15) is 0 Å². The summed E-state index contributed by atoms with van der Waals surface area (Å²) in [6.45, 7) is 4.12. The number of aromatic nitrogens is 2. The monoisotopic (exact) mass is 497 g/mol. The molecule has 1 aliphatic rings. The first-order valence-corrected chi connectivity index (χ1v) is 12.6. The minimum Gasteiger partial charge on any atom is -0.497 e. The van der Waals surface area contributed by atoms with E-state index in [4.69, 9.17) is 9.47 Å². The predicted molar refractivity (Wildman–Crippen MR) is 138 cm³/mol. The van der Waals surface area contributed by atoms with Crippen molar-refractivity contribution in [2.24, 2.45) is 0 Å². The zero-order valence-electron chi connectivity index (χ0n) is 20.6. The topological polar surface area (TPSA) is 91.6 Å². The Labute approximate surface area is 207 Å². The van der Waals surface area contributed by atoms with Crippen molar-refractivity contribution in [3.63, 3.8) is 0 Å². The van der Waals surface area contributed by atoms with E-state index in [1.807, 2.05) is 13.8 Å². The third kappa shape index (κ3) is 4.91. The van der Waals surface area contributed by atoms with Crippen LogP contribution in [0.25, 0.3) is 15.9 Å². The van der Waals surface area contributed by atoms with Crippen molar-refractivity contribution in [1.82, 2.24) is 14.5 Å². The van der Waals surface area contributed by atoms with Crippen molar-refractivity contribution in [1.29, 1.82) is 0 Å². The van der Waals surface area contributed by atoms with E-state index in [1.54, 1.807) is 18.2 Å². The van der Waals surface area contributed by atoms with Crippen LogP contribution in [-0.4, -0.2) is 35.8 Å². The van der Waals surface area contributed by atoms with Crippen LogP contribution in [0.2, 0.25) is 0 Å². The number of amides is 1. The lowest BCUT2D eigenvalue weighted by Crippen LogP contribution is -2.41. The maximum atomic E-state index is 13.7. The number of rotatable bonds is 8. The highest BCUT2D eigenvalue weighted by Gasteiger charge is 2.22. The standard InChI is InChI=1S/C26H31N3O5S/c1-16-17(2)35-25-23(16)24(31)29(20-11-10-19(33-3)14-21(20)34-4)26(32)28(25)15-22(30)27-13-12-18-8-6-5-7-9-18/h8,10-11,14H,5-7,9,12-13,15H2,1-4H3,(H,27,30). The highest BCUT2D eigenvalue weighted by molar-refractivity contribution is 7.18. The van der Waals surface area contributed by atoms with Gasteiger partial charge in [-0.3, -0.25) is 14.2 Å². The SMILES string of the molecule is COc1ccc(-n2c(=O)c3c(C)c(C)sc3n(CC(=O)NCCC3=CCCCC3)c2=O)c(OC)c1. The quantitative estimate of drug-likeness (QED) is 0.477. The number of nitrogens with one attached hydrogen (secondary N) is 1. The highest BCUT2D eigenvalue weighted by Crippen LogP contribution is 2.30. The van der Waals surface area contributed by atoms with Crippen LogP contribution in [0.3, 0.4) is 0 Å². The normalized spacial score (nSPS) is 13.5. The second-order valence-corrected chi connectivity index (χ2v) is 9.92. The molecule has 9 heteroatoms. The summed E-state index contributed by atoms with van der Waals surface area (Å²) in [5.41, 5.74) is 1.45. The van der Waals surface area contributed by atoms with Crippen molar-refractivity contribution in [3.8, 4) is 17.2 Å². The van der Waals surface area contributed by atoms with Crippen LogP contribution in [0.5, 0.6) is 11.5 Å². The molecule has 1 N–H and O–H groups in total. The number of aryl methyl sites for hydroxylation is 2. The van der Waals surface area contributed by atoms with Crippen molar-refractivity contribution in [2.45, 2.75) is 52.5 Å². The van der Waals surface area contributed by atoms with Crippen LogP contribution in [-0.2, 0) is 11.3 Å². The number of methoxy groups -OCH3 is 2. The predicted octanol–water partition coefficient (Wildman–Crippen LogP) is 3.85. The van der Waals surface area contributed by atoms with Gasteiger partial charge < -0.3 is 14.8 Å². The maximum absolute atomic E-state index is 13.7. The number of carbonyl (C=O) groups excluding carboxylic acids is 1. The Balaban J connectivity index is 1.74. The molecule has 3 aromatic rings. The number of hydrogen-bond acceptors (Lipinski definition) is 6. The fourth-order valence-corrected chi connectivity index (χ4v) is 5.61. The zero-order chi connectivity index (χ0) is 25.1. The summed E-state index contributed by atoms with van der Waals surface area (Å²) >= 11 is 1.35. The second-order valence-electron chi connectivity index (χ2n) is 8.72. The molecule has 4 rings (SSSR count). The first-order valence-electron chi connectivity index (χ1n) is 11.8. The van der Waals surface area contributed by atoms with E-state index in [0.29, 0.717) is 33.9 Å². The summed E-state index contributed by atoms with van der Waals surface area (Å²) in [6, 6.07) is 4.90. The molecule has 1 aromatic carbocycles. The van der Waals surface area contributed by atoms with Crippen LogP contribution >= 0.6 is 11.3 Å². The Kier molecular flexibility index (Phi) is 7.45. The Bertz CT molecular complexity index is 1410. The fourth-order valence-electron chi connectivity index (χ4n) is 4.47. The number of fused-ring (bicyclic) bond motifs is 1. The van der Waals surface area contributed by atoms with Gasteiger partial charge in [-0.15, -0.1) is 11.3 Å². The molecule has 1 amide bonds. The Hall–Kier alpha value is -3.33. The Morgan fingerprint density at radius 3 is 2.63 bits per heavy atom. The van der Waals surface area contributed by atoms with Gasteiger partial charge >= 0.3 is 5.69 Å². The van der Waals surface area contributed by atoms with Crippen LogP contribution in [0.15, 0.2) is 39.4 Å². The van der Waals surface area contributed by atoms with Gasteiger partial charge in [-0.25, -0.2) is 9.36 Å². The van der Waals surface area contributed by atoms with Gasteiger partial charge in [-0.05, 0) is 63.6 Å². The number of ether oxygens (including phenoxy) is 2.